The number of nitrogens with one attached hydrogen (secondary N) is 1. The maximum absolute atomic E-state index is 13.8. The summed E-state index contributed by atoms with van der Waals surface area (Å²) < 4.78 is 14.3. The smallest absolute Gasteiger partial charge is 0.222 e. The minimum atomic E-state index is -0.250. The Kier molecular flexibility index (Phi) is 5.01. The molecular formula is C17H21BrFN5. The summed E-state index contributed by atoms with van der Waals surface area (Å²) in [5.41, 5.74) is 7.71. The molecule has 2 heterocycles. The third-order valence-corrected chi connectivity index (χ3v) is 5.03. The van der Waals surface area contributed by atoms with Gasteiger partial charge in [0.05, 0.1) is 16.2 Å². The lowest BCUT2D eigenvalue weighted by Gasteiger charge is -2.35. The summed E-state index contributed by atoms with van der Waals surface area (Å²) >= 11 is 3.36. The molecule has 0 amide bonds. The summed E-state index contributed by atoms with van der Waals surface area (Å²) in [7, 11) is 0. The molecule has 128 valence electrons. The van der Waals surface area contributed by atoms with Crippen molar-refractivity contribution in [2.45, 2.75) is 25.8 Å². The summed E-state index contributed by atoms with van der Waals surface area (Å²) in [6.45, 7) is 6.45. The molecule has 1 aromatic heterocycles. The van der Waals surface area contributed by atoms with E-state index < -0.39 is 0 Å². The van der Waals surface area contributed by atoms with Crippen LogP contribution in [0.2, 0.25) is 0 Å². The molecule has 1 aliphatic heterocycles. The van der Waals surface area contributed by atoms with Gasteiger partial charge in [0.2, 0.25) is 5.95 Å². The molecule has 1 aliphatic rings. The number of hydrogen-bond donors (Lipinski definition) is 2. The number of nitrogens with zero attached hydrogens (tertiary/aromatic N) is 3. The van der Waals surface area contributed by atoms with E-state index in [9.17, 15) is 4.39 Å². The van der Waals surface area contributed by atoms with Crippen LogP contribution in [0.3, 0.4) is 0 Å². The maximum Gasteiger partial charge on any atom is 0.222 e. The zero-order chi connectivity index (χ0) is 17.3. The quantitative estimate of drug-likeness (QED) is 0.837. The van der Waals surface area contributed by atoms with Crippen LogP contribution in [0.1, 0.15) is 37.1 Å². The molecule has 3 N–H and O–H groups in total. The molecule has 2 aromatic rings. The van der Waals surface area contributed by atoms with Gasteiger partial charge in [0, 0.05) is 25.7 Å². The fraction of sp³-hybridized carbons (Fsp3) is 0.412. The van der Waals surface area contributed by atoms with Crippen LogP contribution in [0.5, 0.6) is 0 Å². The Balaban J connectivity index is 1.87. The third-order valence-electron chi connectivity index (χ3n) is 4.20. The standard InChI is InChI=1S/C17H21BrFN5/c1-10(2)13-8-15(23-17(20)22-13)24-7-6-21-14(9-24)11-4-3-5-12(19)16(11)18/h3-5,8,10,14,21H,6-7,9H2,1-2H3,(H2,20,22,23). The van der Waals surface area contributed by atoms with Gasteiger partial charge >= 0.3 is 0 Å². The zero-order valence-corrected chi connectivity index (χ0v) is 15.3. The highest BCUT2D eigenvalue weighted by molar-refractivity contribution is 9.10. The molecule has 0 saturated carbocycles. The van der Waals surface area contributed by atoms with Gasteiger partial charge in [0.1, 0.15) is 11.6 Å². The molecule has 1 fully saturated rings. The van der Waals surface area contributed by atoms with Crippen LogP contribution >= 0.6 is 15.9 Å². The zero-order valence-electron chi connectivity index (χ0n) is 13.8. The molecule has 3 rings (SSSR count). The van der Waals surface area contributed by atoms with Gasteiger partial charge in [-0.1, -0.05) is 26.0 Å². The highest BCUT2D eigenvalue weighted by Gasteiger charge is 2.25. The Morgan fingerprint density at radius 2 is 2.17 bits per heavy atom. The van der Waals surface area contributed by atoms with Crippen LogP contribution < -0.4 is 16.0 Å². The van der Waals surface area contributed by atoms with Crippen molar-refractivity contribution in [2.24, 2.45) is 0 Å². The van der Waals surface area contributed by atoms with Crippen LogP contribution in [0, 0.1) is 5.82 Å². The number of benzene rings is 1. The number of nitrogen functional groups attached to an aromatic ring is 1. The van der Waals surface area contributed by atoms with Crippen LogP contribution in [0.25, 0.3) is 0 Å². The van der Waals surface area contributed by atoms with E-state index in [1.54, 1.807) is 6.07 Å². The van der Waals surface area contributed by atoms with Crippen LogP contribution in [0.4, 0.5) is 16.2 Å². The van der Waals surface area contributed by atoms with Gasteiger partial charge in [-0.2, -0.15) is 4.98 Å². The van der Waals surface area contributed by atoms with Crippen molar-refractivity contribution in [3.63, 3.8) is 0 Å². The predicted octanol–water partition coefficient (Wildman–Crippen LogP) is 3.23. The average molecular weight is 394 g/mol. The van der Waals surface area contributed by atoms with Crippen molar-refractivity contribution in [3.8, 4) is 0 Å². The molecule has 5 nitrogen and oxygen atoms in total. The van der Waals surface area contributed by atoms with Crippen molar-refractivity contribution < 1.29 is 4.39 Å². The van der Waals surface area contributed by atoms with E-state index in [1.165, 1.54) is 6.07 Å². The summed E-state index contributed by atoms with van der Waals surface area (Å²) in [5, 5.41) is 3.44. The van der Waals surface area contributed by atoms with Gasteiger partial charge < -0.3 is 16.0 Å². The predicted molar refractivity (Wildman–Crippen MR) is 97.6 cm³/mol. The second-order valence-electron chi connectivity index (χ2n) is 6.26. The molecule has 1 unspecified atom stereocenters. The first-order valence-electron chi connectivity index (χ1n) is 8.02. The van der Waals surface area contributed by atoms with E-state index >= 15 is 0 Å². The average Bonchev–Trinajstić information content (AvgIpc) is 2.57. The van der Waals surface area contributed by atoms with Gasteiger partial charge in [-0.05, 0) is 33.5 Å². The molecule has 1 aromatic carbocycles. The van der Waals surface area contributed by atoms with E-state index in [2.05, 4.69) is 50.0 Å². The SMILES string of the molecule is CC(C)c1cc(N2CCNC(c3cccc(F)c3Br)C2)nc(N)n1. The van der Waals surface area contributed by atoms with E-state index in [-0.39, 0.29) is 17.8 Å². The van der Waals surface area contributed by atoms with E-state index in [1.807, 2.05) is 12.1 Å². The second kappa shape index (κ2) is 7.03. The fourth-order valence-corrected chi connectivity index (χ4v) is 3.43. The Bertz CT molecular complexity index is 737. The molecule has 1 atom stereocenters. The first-order chi connectivity index (χ1) is 11.5. The Labute approximate surface area is 149 Å². The molecule has 0 spiro atoms. The Hall–Kier alpha value is -1.73. The number of piperazine rings is 1. The molecule has 0 bridgehead atoms. The highest BCUT2D eigenvalue weighted by atomic mass is 79.9. The molecule has 24 heavy (non-hydrogen) atoms. The lowest BCUT2D eigenvalue weighted by molar-refractivity contribution is 0.465. The minimum absolute atomic E-state index is 0.0162. The summed E-state index contributed by atoms with van der Waals surface area (Å²) in [4.78, 5) is 10.9. The monoisotopic (exact) mass is 393 g/mol. The van der Waals surface area contributed by atoms with Crippen molar-refractivity contribution in [3.05, 3.63) is 45.8 Å². The molecule has 0 radical (unpaired) electrons. The summed E-state index contributed by atoms with van der Waals surface area (Å²) in [5.74, 6) is 1.15. The van der Waals surface area contributed by atoms with Gasteiger partial charge in [-0.25, -0.2) is 9.37 Å². The van der Waals surface area contributed by atoms with Gasteiger partial charge in [-0.15, -0.1) is 0 Å². The molecule has 1 saturated heterocycles. The minimum Gasteiger partial charge on any atom is -0.368 e. The number of aromatic nitrogens is 2. The van der Waals surface area contributed by atoms with Crippen molar-refractivity contribution in [1.29, 1.82) is 0 Å². The topological polar surface area (TPSA) is 67.1 Å². The summed E-state index contributed by atoms with van der Waals surface area (Å²) in [6, 6.07) is 7.12. The van der Waals surface area contributed by atoms with Gasteiger partial charge in [0.25, 0.3) is 0 Å². The van der Waals surface area contributed by atoms with E-state index in [4.69, 9.17) is 5.73 Å². The van der Waals surface area contributed by atoms with Gasteiger partial charge in [0.15, 0.2) is 0 Å². The molecular weight excluding hydrogens is 373 g/mol. The molecule has 0 aliphatic carbocycles. The second-order valence-corrected chi connectivity index (χ2v) is 7.05. The van der Waals surface area contributed by atoms with Crippen LogP contribution in [-0.4, -0.2) is 29.6 Å². The van der Waals surface area contributed by atoms with Crippen molar-refractivity contribution in [2.75, 3.05) is 30.3 Å². The van der Waals surface area contributed by atoms with Crippen LogP contribution in [0.15, 0.2) is 28.7 Å². The van der Waals surface area contributed by atoms with E-state index in [0.717, 1.165) is 30.2 Å². The summed E-state index contributed by atoms with van der Waals surface area (Å²) in [6.07, 6.45) is 0. The lowest BCUT2D eigenvalue weighted by atomic mass is 10.0. The van der Waals surface area contributed by atoms with Crippen LogP contribution in [-0.2, 0) is 0 Å². The van der Waals surface area contributed by atoms with Gasteiger partial charge in [-0.3, -0.25) is 0 Å². The highest BCUT2D eigenvalue weighted by Crippen LogP contribution is 2.29. The number of halogens is 2. The lowest BCUT2D eigenvalue weighted by Crippen LogP contribution is -2.46. The number of anilines is 2. The largest absolute Gasteiger partial charge is 0.368 e. The Morgan fingerprint density at radius 3 is 2.92 bits per heavy atom. The number of hydrogen-bond acceptors (Lipinski definition) is 5. The molecule has 7 heteroatoms. The Morgan fingerprint density at radius 1 is 1.38 bits per heavy atom. The maximum atomic E-state index is 13.8. The van der Waals surface area contributed by atoms with E-state index in [0.29, 0.717) is 17.0 Å². The van der Waals surface area contributed by atoms with Crippen molar-refractivity contribution in [1.82, 2.24) is 15.3 Å². The van der Waals surface area contributed by atoms with Crippen molar-refractivity contribution >= 4 is 27.7 Å². The first-order valence-corrected chi connectivity index (χ1v) is 8.81. The normalized spacial score (nSPS) is 18.2. The third kappa shape index (κ3) is 3.52. The number of nitrogens with two attached hydrogens (primary N) is 1. The number of rotatable bonds is 3. The fourth-order valence-electron chi connectivity index (χ4n) is 2.89. The first kappa shape index (κ1) is 17.1.